The standard InChI is InChI=1S/C21H30N4O4/c1-13(26)28-21(5,6)18-23-16-15(7-10-22-17(16)24-18)14-8-11-25(12-9-14)19(27)29-20(2,3)4/h7,10,14H,8-9,11-12H2,1-6H3,(H,22,23,24). The SMILES string of the molecule is CC(=O)OC(C)(C)c1nc2c(C3CCN(C(=O)OC(C)(C)C)CC3)ccnc2[nH]1. The topological polar surface area (TPSA) is 97.4 Å². The van der Waals surface area contributed by atoms with Crippen LogP contribution in [-0.2, 0) is 19.9 Å². The Balaban J connectivity index is 1.78. The van der Waals surface area contributed by atoms with Gasteiger partial charge in [0.1, 0.15) is 11.1 Å². The molecule has 3 heterocycles. The summed E-state index contributed by atoms with van der Waals surface area (Å²) >= 11 is 0. The van der Waals surface area contributed by atoms with Crippen LogP contribution in [0.15, 0.2) is 12.3 Å². The number of esters is 1. The summed E-state index contributed by atoms with van der Waals surface area (Å²) in [5, 5.41) is 0. The molecule has 8 nitrogen and oxygen atoms in total. The van der Waals surface area contributed by atoms with Crippen LogP contribution < -0.4 is 0 Å². The van der Waals surface area contributed by atoms with Crippen molar-refractivity contribution in [2.45, 2.75) is 71.5 Å². The monoisotopic (exact) mass is 402 g/mol. The number of carbonyl (C=O) groups excluding carboxylic acids is 2. The number of imidazole rings is 1. The van der Waals surface area contributed by atoms with Gasteiger partial charge in [0.05, 0.1) is 0 Å². The van der Waals surface area contributed by atoms with Crippen molar-refractivity contribution in [3.8, 4) is 0 Å². The lowest BCUT2D eigenvalue weighted by Gasteiger charge is -2.33. The van der Waals surface area contributed by atoms with E-state index in [4.69, 9.17) is 14.5 Å². The Kier molecular flexibility index (Phi) is 5.56. The van der Waals surface area contributed by atoms with E-state index in [1.807, 2.05) is 26.8 Å². The summed E-state index contributed by atoms with van der Waals surface area (Å²) in [6.07, 6.45) is 3.15. The van der Waals surface area contributed by atoms with Crippen LogP contribution in [0.5, 0.6) is 0 Å². The highest BCUT2D eigenvalue weighted by Gasteiger charge is 2.31. The fraction of sp³-hybridized carbons (Fsp3) is 0.619. The first-order chi connectivity index (χ1) is 13.5. The van der Waals surface area contributed by atoms with Crippen LogP contribution in [-0.4, -0.2) is 50.6 Å². The number of carbonyl (C=O) groups is 2. The highest BCUT2D eigenvalue weighted by atomic mass is 16.6. The van der Waals surface area contributed by atoms with E-state index < -0.39 is 11.2 Å². The average Bonchev–Trinajstić information content (AvgIpc) is 3.04. The number of aromatic nitrogens is 3. The van der Waals surface area contributed by atoms with E-state index in [1.165, 1.54) is 6.92 Å². The van der Waals surface area contributed by atoms with Crippen molar-refractivity contribution in [2.75, 3.05) is 13.1 Å². The third-order valence-corrected chi connectivity index (χ3v) is 4.97. The molecule has 29 heavy (non-hydrogen) atoms. The summed E-state index contributed by atoms with van der Waals surface area (Å²) in [5.74, 6) is 0.471. The van der Waals surface area contributed by atoms with Gasteiger partial charge >= 0.3 is 12.1 Å². The van der Waals surface area contributed by atoms with Crippen molar-refractivity contribution in [2.24, 2.45) is 0 Å². The van der Waals surface area contributed by atoms with Gasteiger partial charge in [-0.25, -0.2) is 14.8 Å². The van der Waals surface area contributed by atoms with Crippen LogP contribution in [0.1, 0.15) is 71.7 Å². The van der Waals surface area contributed by atoms with E-state index in [9.17, 15) is 9.59 Å². The predicted molar refractivity (Wildman–Crippen MR) is 108 cm³/mol. The van der Waals surface area contributed by atoms with Crippen LogP contribution in [0, 0.1) is 0 Å². The number of H-pyrrole nitrogens is 1. The number of aromatic amines is 1. The van der Waals surface area contributed by atoms with Gasteiger partial charge in [-0.1, -0.05) is 0 Å². The Morgan fingerprint density at radius 2 is 1.79 bits per heavy atom. The van der Waals surface area contributed by atoms with Crippen LogP contribution in [0.25, 0.3) is 11.2 Å². The van der Waals surface area contributed by atoms with Crippen LogP contribution in [0.4, 0.5) is 4.79 Å². The molecular formula is C21H30N4O4. The maximum atomic E-state index is 12.3. The molecule has 3 rings (SSSR count). The van der Waals surface area contributed by atoms with Crippen molar-refractivity contribution < 1.29 is 19.1 Å². The molecule has 0 saturated carbocycles. The number of pyridine rings is 1. The molecule has 0 atom stereocenters. The Morgan fingerprint density at radius 1 is 1.14 bits per heavy atom. The normalized spacial score (nSPS) is 16.1. The summed E-state index contributed by atoms with van der Waals surface area (Å²) in [6.45, 7) is 11.9. The van der Waals surface area contributed by atoms with Gasteiger partial charge in [-0.2, -0.15) is 0 Å². The minimum Gasteiger partial charge on any atom is -0.452 e. The van der Waals surface area contributed by atoms with Crippen LogP contribution in [0.3, 0.4) is 0 Å². The van der Waals surface area contributed by atoms with Gasteiger partial charge in [-0.05, 0) is 65.0 Å². The molecule has 1 N–H and O–H groups in total. The van der Waals surface area contributed by atoms with E-state index in [0.717, 1.165) is 23.9 Å². The first-order valence-corrected chi connectivity index (χ1v) is 9.99. The molecule has 0 aliphatic carbocycles. The Morgan fingerprint density at radius 3 is 2.38 bits per heavy atom. The Bertz CT molecular complexity index is 905. The molecule has 0 bridgehead atoms. The molecule has 0 aromatic carbocycles. The molecule has 0 spiro atoms. The number of rotatable bonds is 3. The quantitative estimate of drug-likeness (QED) is 0.783. The van der Waals surface area contributed by atoms with Gasteiger partial charge in [-0.15, -0.1) is 0 Å². The predicted octanol–water partition coefficient (Wildman–Crippen LogP) is 3.87. The molecule has 1 fully saturated rings. The number of nitrogens with zero attached hydrogens (tertiary/aromatic N) is 3. The Labute approximate surface area is 171 Å². The highest BCUT2D eigenvalue weighted by Crippen LogP contribution is 2.33. The van der Waals surface area contributed by atoms with E-state index in [2.05, 4.69) is 9.97 Å². The zero-order valence-electron chi connectivity index (χ0n) is 18.0. The lowest BCUT2D eigenvalue weighted by atomic mass is 9.89. The summed E-state index contributed by atoms with van der Waals surface area (Å²) in [6, 6.07) is 1.99. The van der Waals surface area contributed by atoms with Crippen LogP contribution >= 0.6 is 0 Å². The first-order valence-electron chi connectivity index (χ1n) is 9.99. The van der Waals surface area contributed by atoms with Crippen molar-refractivity contribution >= 4 is 23.2 Å². The fourth-order valence-corrected chi connectivity index (χ4v) is 3.65. The number of hydrogen-bond acceptors (Lipinski definition) is 6. The molecule has 158 valence electrons. The smallest absolute Gasteiger partial charge is 0.410 e. The zero-order chi connectivity index (χ0) is 21.4. The van der Waals surface area contributed by atoms with Crippen molar-refractivity contribution in [1.82, 2.24) is 19.9 Å². The molecule has 1 aliphatic heterocycles. The third kappa shape index (κ3) is 4.86. The number of piperidine rings is 1. The number of ether oxygens (including phenoxy) is 2. The van der Waals surface area contributed by atoms with Gasteiger partial charge in [-0.3, -0.25) is 4.79 Å². The lowest BCUT2D eigenvalue weighted by Crippen LogP contribution is -2.41. The summed E-state index contributed by atoms with van der Waals surface area (Å²) < 4.78 is 10.9. The molecule has 1 amide bonds. The number of likely N-dealkylation sites (tertiary alicyclic amines) is 1. The second-order valence-corrected chi connectivity index (χ2v) is 9.03. The maximum absolute atomic E-state index is 12.3. The molecule has 0 unspecified atom stereocenters. The van der Waals surface area contributed by atoms with E-state index in [-0.39, 0.29) is 18.0 Å². The number of hydrogen-bond donors (Lipinski definition) is 1. The van der Waals surface area contributed by atoms with E-state index in [0.29, 0.717) is 24.6 Å². The second kappa shape index (κ2) is 7.65. The molecule has 2 aromatic heterocycles. The summed E-state index contributed by atoms with van der Waals surface area (Å²) in [4.78, 5) is 37.8. The van der Waals surface area contributed by atoms with Crippen molar-refractivity contribution in [3.05, 3.63) is 23.7 Å². The van der Waals surface area contributed by atoms with Gasteiger partial charge in [0.15, 0.2) is 17.1 Å². The Hall–Kier alpha value is -2.64. The van der Waals surface area contributed by atoms with Gasteiger partial charge in [0.25, 0.3) is 0 Å². The van der Waals surface area contributed by atoms with E-state index in [1.54, 1.807) is 24.9 Å². The maximum Gasteiger partial charge on any atom is 0.410 e. The minimum absolute atomic E-state index is 0.263. The van der Waals surface area contributed by atoms with Crippen molar-refractivity contribution in [1.29, 1.82) is 0 Å². The second-order valence-electron chi connectivity index (χ2n) is 9.03. The van der Waals surface area contributed by atoms with E-state index >= 15 is 0 Å². The summed E-state index contributed by atoms with van der Waals surface area (Å²) in [7, 11) is 0. The average molecular weight is 402 g/mol. The molecule has 0 radical (unpaired) electrons. The van der Waals surface area contributed by atoms with Crippen molar-refractivity contribution in [3.63, 3.8) is 0 Å². The highest BCUT2D eigenvalue weighted by molar-refractivity contribution is 5.76. The number of fused-ring (bicyclic) bond motifs is 1. The third-order valence-electron chi connectivity index (χ3n) is 4.97. The molecular weight excluding hydrogens is 372 g/mol. The largest absolute Gasteiger partial charge is 0.452 e. The van der Waals surface area contributed by atoms with Gasteiger partial charge < -0.3 is 19.4 Å². The molecule has 2 aromatic rings. The molecule has 1 saturated heterocycles. The zero-order valence-corrected chi connectivity index (χ0v) is 18.0. The van der Waals surface area contributed by atoms with Crippen LogP contribution in [0.2, 0.25) is 0 Å². The molecule has 1 aliphatic rings. The number of amides is 1. The van der Waals surface area contributed by atoms with Gasteiger partial charge in [0.2, 0.25) is 0 Å². The lowest BCUT2D eigenvalue weighted by molar-refractivity contribution is -0.155. The summed E-state index contributed by atoms with van der Waals surface area (Å²) in [5.41, 5.74) is 1.20. The molecule has 8 heteroatoms. The minimum atomic E-state index is -0.871. The fourth-order valence-electron chi connectivity index (χ4n) is 3.65. The number of nitrogens with one attached hydrogen (secondary N) is 1. The van der Waals surface area contributed by atoms with Gasteiger partial charge in [0, 0.05) is 26.2 Å². The first kappa shape index (κ1) is 21.1.